The minimum absolute atomic E-state index is 0.148. The summed E-state index contributed by atoms with van der Waals surface area (Å²) in [6, 6.07) is 6.79. The van der Waals surface area contributed by atoms with Gasteiger partial charge in [-0.1, -0.05) is 12.1 Å². The number of carbonyl (C=O) groups is 1. The zero-order chi connectivity index (χ0) is 18.6. The number of hydrogen-bond donors (Lipinski definition) is 0. The Morgan fingerprint density at radius 3 is 2.72 bits per heavy atom. The van der Waals surface area contributed by atoms with E-state index in [1.165, 1.54) is 14.0 Å². The molecule has 0 aliphatic heterocycles. The van der Waals surface area contributed by atoms with Crippen molar-refractivity contribution in [3.05, 3.63) is 30.1 Å². The number of halogens is 3. The molecule has 1 aromatic heterocycles. The van der Waals surface area contributed by atoms with Gasteiger partial charge in [-0.2, -0.15) is 13.2 Å². The number of nitrogens with zero attached hydrogens (tertiary/aromatic N) is 3. The molecule has 138 valence electrons. The number of fused-ring (bicyclic) bond motifs is 1. The second-order valence-electron chi connectivity index (χ2n) is 6.03. The van der Waals surface area contributed by atoms with Gasteiger partial charge in [-0.05, 0) is 39.4 Å². The number of carbonyl (C=O) groups excluding carboxylic acids is 1. The first kappa shape index (κ1) is 19.2. The molecule has 2 rings (SSSR count). The van der Waals surface area contributed by atoms with Gasteiger partial charge in [0.25, 0.3) is 0 Å². The third kappa shape index (κ3) is 5.19. The summed E-state index contributed by atoms with van der Waals surface area (Å²) in [7, 11) is 1.25. The number of likely N-dealkylation sites (N-methyl/N-ethyl adjacent to an activating group) is 1. The van der Waals surface area contributed by atoms with Gasteiger partial charge in [0.1, 0.15) is 11.9 Å². The molecule has 0 radical (unpaired) electrons. The summed E-state index contributed by atoms with van der Waals surface area (Å²) < 4.78 is 44.2. The lowest BCUT2D eigenvalue weighted by atomic mass is 10.3. The lowest BCUT2D eigenvalue weighted by molar-refractivity contribution is -0.161. The molecule has 0 fully saturated rings. The topological polar surface area (TPSA) is 47.4 Å². The standard InChI is InChI=1S/C17H22F3N3O2/c1-12(22(3)11-17(18,19)20)16(24)25-10-6-9-23-13(2)21-14-7-4-5-8-15(14)23/h4-5,7-8,12H,6,9-11H2,1-3H3/t12-/m0/s1. The van der Waals surface area contributed by atoms with E-state index in [1.807, 2.05) is 35.8 Å². The van der Waals surface area contributed by atoms with Gasteiger partial charge in [-0.25, -0.2) is 4.98 Å². The maximum Gasteiger partial charge on any atom is 0.401 e. The van der Waals surface area contributed by atoms with Crippen molar-refractivity contribution in [1.82, 2.24) is 14.5 Å². The molecule has 25 heavy (non-hydrogen) atoms. The van der Waals surface area contributed by atoms with Crippen LogP contribution in [0.1, 0.15) is 19.2 Å². The summed E-state index contributed by atoms with van der Waals surface area (Å²) in [5, 5.41) is 0. The molecular formula is C17H22F3N3O2. The fourth-order valence-corrected chi connectivity index (χ4v) is 2.59. The number of benzene rings is 1. The Morgan fingerprint density at radius 2 is 2.04 bits per heavy atom. The molecule has 0 aliphatic carbocycles. The van der Waals surface area contributed by atoms with Crippen molar-refractivity contribution in [1.29, 1.82) is 0 Å². The highest BCUT2D eigenvalue weighted by atomic mass is 19.4. The molecule has 8 heteroatoms. The van der Waals surface area contributed by atoms with Crippen molar-refractivity contribution in [2.24, 2.45) is 0 Å². The zero-order valence-electron chi connectivity index (χ0n) is 14.5. The van der Waals surface area contributed by atoms with E-state index in [2.05, 4.69) is 4.98 Å². The van der Waals surface area contributed by atoms with E-state index < -0.39 is 24.7 Å². The van der Waals surface area contributed by atoms with Crippen molar-refractivity contribution in [2.75, 3.05) is 20.2 Å². The molecule has 0 N–H and O–H groups in total. The highest BCUT2D eigenvalue weighted by Gasteiger charge is 2.33. The van der Waals surface area contributed by atoms with Crippen LogP contribution in [0.2, 0.25) is 0 Å². The number of aromatic nitrogens is 2. The van der Waals surface area contributed by atoms with Crippen LogP contribution in [0.15, 0.2) is 24.3 Å². The highest BCUT2D eigenvalue weighted by molar-refractivity contribution is 5.76. The van der Waals surface area contributed by atoms with Crippen LogP contribution in [0.5, 0.6) is 0 Å². The molecule has 0 amide bonds. The van der Waals surface area contributed by atoms with Gasteiger partial charge in [0, 0.05) is 6.54 Å². The minimum Gasteiger partial charge on any atom is -0.464 e. The summed E-state index contributed by atoms with van der Waals surface area (Å²) in [5.41, 5.74) is 1.91. The number of rotatable bonds is 7. The Kier molecular flexibility index (Phi) is 6.05. The van der Waals surface area contributed by atoms with Crippen molar-refractivity contribution >= 4 is 17.0 Å². The molecule has 1 aromatic carbocycles. The summed E-state index contributed by atoms with van der Waals surface area (Å²) in [6.45, 7) is 2.92. The van der Waals surface area contributed by atoms with E-state index in [0.29, 0.717) is 13.0 Å². The van der Waals surface area contributed by atoms with Crippen LogP contribution in [0.3, 0.4) is 0 Å². The van der Waals surface area contributed by atoms with Crippen LogP contribution in [0.25, 0.3) is 11.0 Å². The van der Waals surface area contributed by atoms with E-state index in [4.69, 9.17) is 4.74 Å². The monoisotopic (exact) mass is 357 g/mol. The van der Waals surface area contributed by atoms with E-state index in [9.17, 15) is 18.0 Å². The predicted molar refractivity (Wildman–Crippen MR) is 88.2 cm³/mol. The smallest absolute Gasteiger partial charge is 0.401 e. The first-order valence-corrected chi connectivity index (χ1v) is 8.04. The molecule has 1 heterocycles. The summed E-state index contributed by atoms with van der Waals surface area (Å²) in [4.78, 5) is 17.2. The molecule has 0 unspecified atom stereocenters. The van der Waals surface area contributed by atoms with Crippen molar-refractivity contribution in [2.45, 2.75) is 39.0 Å². The molecule has 0 aliphatic rings. The molecular weight excluding hydrogens is 335 g/mol. The Hall–Kier alpha value is -2.09. The molecule has 2 aromatic rings. The van der Waals surface area contributed by atoms with E-state index in [-0.39, 0.29) is 6.61 Å². The summed E-state index contributed by atoms with van der Waals surface area (Å²) >= 11 is 0. The molecule has 5 nitrogen and oxygen atoms in total. The van der Waals surface area contributed by atoms with Gasteiger partial charge in [-0.3, -0.25) is 9.69 Å². The number of imidazole rings is 1. The number of hydrogen-bond acceptors (Lipinski definition) is 4. The average molecular weight is 357 g/mol. The molecule has 0 spiro atoms. The number of esters is 1. The SMILES string of the molecule is Cc1nc2ccccc2n1CCCOC(=O)[C@H](C)N(C)CC(F)(F)F. The lowest BCUT2D eigenvalue weighted by Gasteiger charge is -2.24. The van der Waals surface area contributed by atoms with Gasteiger partial charge in [0.15, 0.2) is 0 Å². The number of para-hydroxylation sites is 2. The quantitative estimate of drug-likeness (QED) is 0.564. The van der Waals surface area contributed by atoms with Crippen molar-refractivity contribution in [3.8, 4) is 0 Å². The molecule has 0 saturated carbocycles. The fraction of sp³-hybridized carbons (Fsp3) is 0.529. The molecule has 0 bridgehead atoms. The second kappa shape index (κ2) is 7.86. The first-order chi connectivity index (χ1) is 11.7. The average Bonchev–Trinajstić information content (AvgIpc) is 2.84. The van der Waals surface area contributed by atoms with E-state index >= 15 is 0 Å². The Balaban J connectivity index is 1.82. The zero-order valence-corrected chi connectivity index (χ0v) is 14.5. The number of aryl methyl sites for hydroxylation is 2. The maximum absolute atomic E-state index is 12.4. The third-order valence-corrected chi connectivity index (χ3v) is 4.05. The predicted octanol–water partition coefficient (Wildman–Crippen LogP) is 3.16. The van der Waals surface area contributed by atoms with Crippen molar-refractivity contribution < 1.29 is 22.7 Å². The van der Waals surface area contributed by atoms with Crippen LogP contribution in [0.4, 0.5) is 13.2 Å². The Morgan fingerprint density at radius 1 is 1.36 bits per heavy atom. The normalized spacial score (nSPS) is 13.4. The summed E-state index contributed by atoms with van der Waals surface area (Å²) in [6.07, 6.45) is -3.79. The van der Waals surface area contributed by atoms with Gasteiger partial charge in [0.05, 0.1) is 24.2 Å². The van der Waals surface area contributed by atoms with Gasteiger partial charge in [-0.15, -0.1) is 0 Å². The third-order valence-electron chi connectivity index (χ3n) is 4.05. The number of alkyl halides is 3. The van der Waals surface area contributed by atoms with Crippen LogP contribution in [-0.2, 0) is 16.1 Å². The van der Waals surface area contributed by atoms with Crippen molar-refractivity contribution in [3.63, 3.8) is 0 Å². The van der Waals surface area contributed by atoms with Crippen LogP contribution in [-0.4, -0.2) is 52.8 Å². The van der Waals surface area contributed by atoms with E-state index in [0.717, 1.165) is 21.8 Å². The van der Waals surface area contributed by atoms with Crippen LogP contribution in [0, 0.1) is 6.92 Å². The van der Waals surface area contributed by atoms with Crippen LogP contribution >= 0.6 is 0 Å². The minimum atomic E-state index is -4.34. The Bertz CT molecular complexity index is 727. The largest absolute Gasteiger partial charge is 0.464 e. The van der Waals surface area contributed by atoms with Gasteiger partial charge >= 0.3 is 12.1 Å². The van der Waals surface area contributed by atoms with Gasteiger partial charge in [0.2, 0.25) is 0 Å². The summed E-state index contributed by atoms with van der Waals surface area (Å²) in [5.74, 6) is 0.213. The maximum atomic E-state index is 12.4. The highest BCUT2D eigenvalue weighted by Crippen LogP contribution is 2.18. The number of ether oxygens (including phenoxy) is 1. The Labute approximate surface area is 144 Å². The second-order valence-corrected chi connectivity index (χ2v) is 6.03. The fourth-order valence-electron chi connectivity index (χ4n) is 2.59. The first-order valence-electron chi connectivity index (χ1n) is 8.04. The van der Waals surface area contributed by atoms with E-state index in [1.54, 1.807) is 0 Å². The molecule has 0 saturated heterocycles. The van der Waals surface area contributed by atoms with Gasteiger partial charge < -0.3 is 9.30 Å². The molecule has 1 atom stereocenters. The van der Waals surface area contributed by atoms with Crippen LogP contribution < -0.4 is 0 Å². The lowest BCUT2D eigenvalue weighted by Crippen LogP contribution is -2.42.